The highest BCUT2D eigenvalue weighted by molar-refractivity contribution is 8.11. The Morgan fingerprint density at radius 2 is 0.852 bits per heavy atom. The standard InChI is InChI=1S/C22H43NO2S2/c24-21(23-25)19-17-15-13-11-9-7-5-3-1-2-4-6-8-10-12-14-16-18-20-22(26)27/h25H,1-20H2,(H,23,24)(H,26,27). The number of rotatable bonds is 21. The van der Waals surface area contributed by atoms with Crippen molar-refractivity contribution in [1.29, 1.82) is 0 Å². The molecule has 0 rings (SSSR count). The van der Waals surface area contributed by atoms with Crippen LogP contribution in [-0.4, -0.2) is 15.3 Å². The van der Waals surface area contributed by atoms with E-state index in [4.69, 9.17) is 17.4 Å². The maximum atomic E-state index is 10.8. The minimum atomic E-state index is -0.263. The van der Waals surface area contributed by atoms with Crippen LogP contribution in [0.25, 0.3) is 0 Å². The number of amides is 1. The average molecular weight is 418 g/mol. The van der Waals surface area contributed by atoms with Crippen LogP contribution in [0.4, 0.5) is 0 Å². The molecular formula is C22H43NO2S2. The summed E-state index contributed by atoms with van der Waals surface area (Å²) in [5.74, 6) is -0.263. The van der Waals surface area contributed by atoms with E-state index in [2.05, 4.69) is 12.6 Å². The van der Waals surface area contributed by atoms with Crippen LogP contribution in [0.3, 0.4) is 0 Å². The predicted molar refractivity (Wildman–Crippen MR) is 124 cm³/mol. The lowest BCUT2D eigenvalue weighted by Gasteiger charge is -2.04. The summed E-state index contributed by atoms with van der Waals surface area (Å²) in [5.41, 5.74) is 1.68. The van der Waals surface area contributed by atoms with Crippen molar-refractivity contribution in [2.75, 3.05) is 0 Å². The van der Waals surface area contributed by atoms with E-state index >= 15 is 0 Å². The molecule has 0 aromatic carbocycles. The molecule has 5 heteroatoms. The molecular weight excluding hydrogens is 374 g/mol. The second-order valence-corrected chi connectivity index (χ2v) is 9.13. The predicted octanol–water partition coefficient (Wildman–Crippen LogP) is 7.55. The Hall–Kier alpha value is -0.130. The third-order valence-electron chi connectivity index (χ3n) is 5.17. The van der Waals surface area contributed by atoms with Gasteiger partial charge in [-0.3, -0.25) is 10.0 Å². The summed E-state index contributed by atoms with van der Waals surface area (Å²) in [6, 6.07) is 0. The lowest BCUT2D eigenvalue weighted by Crippen LogP contribution is -2.17. The van der Waals surface area contributed by atoms with Crippen molar-refractivity contribution in [3.63, 3.8) is 0 Å². The second kappa shape index (κ2) is 22.2. The van der Waals surface area contributed by atoms with Gasteiger partial charge in [0.05, 0.1) is 0 Å². The molecule has 0 aromatic heterocycles. The molecule has 0 bridgehead atoms. The first kappa shape index (κ1) is 26.9. The first-order chi connectivity index (χ1) is 13.2. The van der Waals surface area contributed by atoms with Gasteiger partial charge in [-0.15, -0.1) is 12.6 Å². The summed E-state index contributed by atoms with van der Waals surface area (Å²) in [5, 5.41) is 8.40. The highest BCUT2D eigenvalue weighted by Gasteiger charge is 1.98. The number of nitrogens with one attached hydrogen (secondary N) is 1. The van der Waals surface area contributed by atoms with Crippen molar-refractivity contribution < 1.29 is 10.0 Å². The van der Waals surface area contributed by atoms with Crippen molar-refractivity contribution in [3.05, 3.63) is 0 Å². The third kappa shape index (κ3) is 23.8. The molecule has 0 heterocycles. The monoisotopic (exact) mass is 417 g/mol. The number of carbonyl (C=O) groups is 1. The Labute approximate surface area is 178 Å². The molecule has 0 aliphatic heterocycles. The Kier molecular flexibility index (Phi) is 22.1. The third-order valence-corrected chi connectivity index (χ3v) is 5.60. The van der Waals surface area contributed by atoms with Gasteiger partial charge in [0.2, 0.25) is 5.91 Å². The molecule has 0 radical (unpaired) electrons. The maximum absolute atomic E-state index is 10.8. The zero-order valence-electron chi connectivity index (χ0n) is 17.4. The minimum absolute atomic E-state index is 0.263. The van der Waals surface area contributed by atoms with Crippen LogP contribution in [0.2, 0.25) is 0 Å². The van der Waals surface area contributed by atoms with Crippen LogP contribution < -0.4 is 5.48 Å². The van der Waals surface area contributed by atoms with Gasteiger partial charge in [0, 0.05) is 10.6 Å². The van der Waals surface area contributed by atoms with Crippen molar-refractivity contribution >= 4 is 35.0 Å². The summed E-state index contributed by atoms with van der Waals surface area (Å²) in [7, 11) is 0. The Morgan fingerprint density at radius 3 is 1.11 bits per heavy atom. The Morgan fingerprint density at radius 1 is 0.593 bits per heavy atom. The molecule has 160 valence electrons. The van der Waals surface area contributed by atoms with Crippen molar-refractivity contribution in [1.82, 2.24) is 5.48 Å². The van der Waals surface area contributed by atoms with Crippen molar-refractivity contribution in [2.45, 2.75) is 128 Å². The largest absolute Gasteiger partial charge is 0.289 e. The normalized spacial score (nSPS) is 10.9. The van der Waals surface area contributed by atoms with E-state index in [0.717, 1.165) is 23.5 Å². The van der Waals surface area contributed by atoms with Crippen LogP contribution in [0.5, 0.6) is 0 Å². The zero-order chi connectivity index (χ0) is 20.0. The number of hydrogen-bond donors (Lipinski definition) is 3. The molecule has 0 fully saturated rings. The molecule has 0 atom stereocenters. The van der Waals surface area contributed by atoms with Gasteiger partial charge >= 0.3 is 0 Å². The van der Waals surface area contributed by atoms with Gasteiger partial charge in [0.1, 0.15) is 0 Å². The minimum Gasteiger partial charge on any atom is -0.289 e. The van der Waals surface area contributed by atoms with Gasteiger partial charge in [-0.05, 0) is 19.3 Å². The van der Waals surface area contributed by atoms with Crippen molar-refractivity contribution in [2.24, 2.45) is 0 Å². The highest BCUT2D eigenvalue weighted by Crippen LogP contribution is 2.15. The molecule has 0 aromatic rings. The lowest BCUT2D eigenvalue weighted by atomic mass is 10.0. The van der Waals surface area contributed by atoms with Crippen LogP contribution >= 0.6 is 24.8 Å². The number of hydroxylamine groups is 1. The topological polar surface area (TPSA) is 49.3 Å². The van der Waals surface area contributed by atoms with E-state index in [1.807, 2.05) is 0 Å². The molecule has 0 saturated heterocycles. The summed E-state index contributed by atoms with van der Waals surface area (Å²) in [6.07, 6.45) is 25.1. The summed E-state index contributed by atoms with van der Waals surface area (Å²) in [6.45, 7) is 0. The van der Waals surface area contributed by atoms with E-state index in [9.17, 15) is 4.79 Å². The summed E-state index contributed by atoms with van der Waals surface area (Å²) < 4.78 is 0.858. The summed E-state index contributed by atoms with van der Waals surface area (Å²) in [4.78, 5) is 10.8. The van der Waals surface area contributed by atoms with E-state index in [-0.39, 0.29) is 5.91 Å². The fourth-order valence-electron chi connectivity index (χ4n) is 3.45. The maximum Gasteiger partial charge on any atom is 0.243 e. The molecule has 27 heavy (non-hydrogen) atoms. The average Bonchev–Trinajstić information content (AvgIpc) is 2.65. The second-order valence-electron chi connectivity index (χ2n) is 7.79. The number of thiocarbonyl (C=S) groups is 1. The number of unbranched alkanes of at least 4 members (excludes halogenated alkanes) is 17. The molecule has 2 N–H and O–H groups in total. The lowest BCUT2D eigenvalue weighted by molar-refractivity contribution is -0.129. The molecule has 1 amide bonds. The fraction of sp³-hybridized carbons (Fsp3) is 0.909. The van der Waals surface area contributed by atoms with Gasteiger partial charge in [0.15, 0.2) is 0 Å². The Bertz CT molecular complexity index is 351. The van der Waals surface area contributed by atoms with Crippen LogP contribution in [0.1, 0.15) is 128 Å². The highest BCUT2D eigenvalue weighted by atomic mass is 32.1. The quantitative estimate of drug-likeness (QED) is 0.0594. The zero-order valence-corrected chi connectivity index (χ0v) is 19.1. The van der Waals surface area contributed by atoms with Gasteiger partial charge in [0.25, 0.3) is 0 Å². The molecule has 0 saturated carbocycles. The molecule has 0 aliphatic rings. The smallest absolute Gasteiger partial charge is 0.243 e. The number of carbonyl (C=O) groups excluding carboxylic acids is 1. The van der Waals surface area contributed by atoms with Gasteiger partial charge in [-0.2, -0.15) is 0 Å². The number of hydrogen-bond acceptors (Lipinski definition) is 3. The fourth-order valence-corrected chi connectivity index (χ4v) is 3.75. The van der Waals surface area contributed by atoms with Crippen LogP contribution in [0.15, 0.2) is 0 Å². The molecule has 0 unspecified atom stereocenters. The van der Waals surface area contributed by atoms with E-state index < -0.39 is 0 Å². The van der Waals surface area contributed by atoms with E-state index in [1.165, 1.54) is 103 Å². The molecule has 3 nitrogen and oxygen atoms in total. The van der Waals surface area contributed by atoms with Gasteiger partial charge < -0.3 is 0 Å². The van der Waals surface area contributed by atoms with E-state index in [0.29, 0.717) is 6.42 Å². The van der Waals surface area contributed by atoms with Gasteiger partial charge in [-0.25, -0.2) is 5.48 Å². The van der Waals surface area contributed by atoms with Crippen molar-refractivity contribution in [3.8, 4) is 0 Å². The molecule has 0 spiro atoms. The van der Waals surface area contributed by atoms with E-state index in [1.54, 1.807) is 5.48 Å². The molecule has 0 aliphatic carbocycles. The summed E-state index contributed by atoms with van der Waals surface area (Å²) >= 11 is 9.13. The first-order valence-corrected chi connectivity index (χ1v) is 12.2. The SMILES string of the molecule is O=C(CCCCCCCCCCCCCCCCCCCCC(=S)S)NO. The van der Waals surface area contributed by atoms with Crippen LogP contribution in [-0.2, 0) is 4.79 Å². The van der Waals surface area contributed by atoms with Gasteiger partial charge in [-0.1, -0.05) is 115 Å². The number of thiol groups is 1. The first-order valence-electron chi connectivity index (χ1n) is 11.3. The van der Waals surface area contributed by atoms with Crippen LogP contribution in [0, 0.1) is 0 Å². The Balaban J connectivity index is 3.03.